The molecule has 0 spiro atoms. The summed E-state index contributed by atoms with van der Waals surface area (Å²) in [6, 6.07) is 11.5. The van der Waals surface area contributed by atoms with E-state index in [1.165, 1.54) is 10.6 Å². The first-order valence-electron chi connectivity index (χ1n) is 7.19. The van der Waals surface area contributed by atoms with E-state index in [4.69, 9.17) is 17.3 Å². The molecular formula is C17H14ClN3O3. The fraction of sp³-hybridized carbons (Fsp3) is 0.118. The Morgan fingerprint density at radius 2 is 1.92 bits per heavy atom. The number of carbonyl (C=O) groups is 1. The van der Waals surface area contributed by atoms with Crippen molar-refractivity contribution in [1.82, 2.24) is 9.13 Å². The van der Waals surface area contributed by atoms with Gasteiger partial charge in [0.2, 0.25) is 5.91 Å². The minimum Gasteiger partial charge on any atom is -0.368 e. The fourth-order valence-corrected chi connectivity index (χ4v) is 2.82. The Morgan fingerprint density at radius 1 is 1.17 bits per heavy atom. The minimum atomic E-state index is -0.671. The fourth-order valence-electron chi connectivity index (χ4n) is 2.64. The summed E-state index contributed by atoms with van der Waals surface area (Å²) in [5.41, 5.74) is 5.71. The molecule has 0 aliphatic rings. The first kappa shape index (κ1) is 16.0. The first-order valence-corrected chi connectivity index (χ1v) is 7.57. The van der Waals surface area contributed by atoms with Crippen molar-refractivity contribution in [3.8, 4) is 5.69 Å². The van der Waals surface area contributed by atoms with Gasteiger partial charge in [-0.3, -0.25) is 14.2 Å². The second-order valence-corrected chi connectivity index (χ2v) is 5.91. The van der Waals surface area contributed by atoms with Crippen molar-refractivity contribution in [2.45, 2.75) is 13.5 Å². The second-order valence-electron chi connectivity index (χ2n) is 5.48. The van der Waals surface area contributed by atoms with Gasteiger partial charge in [-0.2, -0.15) is 0 Å². The number of benzene rings is 2. The summed E-state index contributed by atoms with van der Waals surface area (Å²) in [6.45, 7) is 1.52. The van der Waals surface area contributed by atoms with Gasteiger partial charge in [0, 0.05) is 5.02 Å². The molecule has 3 aromatic rings. The molecule has 7 heteroatoms. The molecule has 1 aromatic heterocycles. The summed E-state index contributed by atoms with van der Waals surface area (Å²) in [7, 11) is 0. The van der Waals surface area contributed by atoms with Crippen LogP contribution in [0, 0.1) is 6.92 Å². The van der Waals surface area contributed by atoms with Crippen LogP contribution in [-0.4, -0.2) is 15.0 Å². The lowest BCUT2D eigenvalue weighted by Gasteiger charge is -2.13. The summed E-state index contributed by atoms with van der Waals surface area (Å²) >= 11 is 5.97. The number of halogens is 1. The predicted octanol–water partition coefficient (Wildman–Crippen LogP) is 1.60. The number of hydrogen-bond donors (Lipinski definition) is 1. The molecule has 0 aliphatic carbocycles. The molecule has 0 radical (unpaired) electrons. The average Bonchev–Trinajstić information content (AvgIpc) is 2.51. The molecule has 1 amide bonds. The number of aryl methyl sites for hydroxylation is 1. The zero-order valence-electron chi connectivity index (χ0n) is 12.8. The van der Waals surface area contributed by atoms with E-state index in [1.54, 1.807) is 36.4 Å². The highest BCUT2D eigenvalue weighted by atomic mass is 35.5. The van der Waals surface area contributed by atoms with Crippen molar-refractivity contribution >= 4 is 28.4 Å². The number of nitrogens with two attached hydrogens (primary N) is 1. The van der Waals surface area contributed by atoms with E-state index in [1.807, 2.05) is 6.92 Å². The Morgan fingerprint density at radius 3 is 2.58 bits per heavy atom. The lowest BCUT2D eigenvalue weighted by atomic mass is 10.1. The monoisotopic (exact) mass is 343 g/mol. The van der Waals surface area contributed by atoms with Crippen molar-refractivity contribution in [2.24, 2.45) is 5.73 Å². The van der Waals surface area contributed by atoms with Gasteiger partial charge < -0.3 is 5.73 Å². The number of aromatic nitrogens is 2. The van der Waals surface area contributed by atoms with Gasteiger partial charge in [0.25, 0.3) is 5.56 Å². The van der Waals surface area contributed by atoms with E-state index in [9.17, 15) is 14.4 Å². The lowest BCUT2D eigenvalue weighted by molar-refractivity contribution is -0.118. The molecule has 3 rings (SSSR count). The zero-order chi connectivity index (χ0) is 17.4. The number of amides is 1. The van der Waals surface area contributed by atoms with E-state index >= 15 is 0 Å². The highest BCUT2D eigenvalue weighted by Gasteiger charge is 2.16. The standard InChI is InChI=1S/C17H14ClN3O3/c1-10-5-6-14-13(7-10)16(23)21(12-4-2-3-11(18)8-12)17(24)20(14)9-15(19)22/h2-8H,9H2,1H3,(H2,19,22). The van der Waals surface area contributed by atoms with Gasteiger partial charge in [0.15, 0.2) is 0 Å². The molecule has 6 nitrogen and oxygen atoms in total. The highest BCUT2D eigenvalue weighted by Crippen LogP contribution is 2.15. The van der Waals surface area contributed by atoms with Crippen molar-refractivity contribution in [1.29, 1.82) is 0 Å². The Labute approximate surface area is 141 Å². The van der Waals surface area contributed by atoms with Crippen LogP contribution in [0.5, 0.6) is 0 Å². The molecule has 0 atom stereocenters. The van der Waals surface area contributed by atoms with Crippen LogP contribution in [0.2, 0.25) is 5.02 Å². The minimum absolute atomic E-state index is 0.320. The third-order valence-electron chi connectivity index (χ3n) is 3.68. The highest BCUT2D eigenvalue weighted by molar-refractivity contribution is 6.30. The average molecular weight is 344 g/mol. The quantitative estimate of drug-likeness (QED) is 0.783. The smallest absolute Gasteiger partial charge is 0.336 e. The van der Waals surface area contributed by atoms with E-state index in [0.717, 1.165) is 10.1 Å². The number of hydrogen-bond acceptors (Lipinski definition) is 3. The Bertz CT molecular complexity index is 1080. The topological polar surface area (TPSA) is 87.1 Å². The Kier molecular flexibility index (Phi) is 3.99. The molecule has 0 unspecified atom stereocenters. The van der Waals surface area contributed by atoms with Crippen LogP contribution in [0.4, 0.5) is 0 Å². The van der Waals surface area contributed by atoms with Crippen LogP contribution in [0.3, 0.4) is 0 Å². The summed E-state index contributed by atoms with van der Waals surface area (Å²) < 4.78 is 2.19. The van der Waals surface area contributed by atoms with Crippen molar-refractivity contribution < 1.29 is 4.79 Å². The molecule has 0 fully saturated rings. The molecule has 0 bridgehead atoms. The summed E-state index contributed by atoms with van der Waals surface area (Å²) in [5.74, 6) is -0.671. The van der Waals surface area contributed by atoms with Gasteiger partial charge in [0.1, 0.15) is 6.54 Å². The van der Waals surface area contributed by atoms with E-state index < -0.39 is 17.2 Å². The zero-order valence-corrected chi connectivity index (χ0v) is 13.6. The third kappa shape index (κ3) is 2.72. The maximum Gasteiger partial charge on any atom is 0.336 e. The third-order valence-corrected chi connectivity index (χ3v) is 3.91. The van der Waals surface area contributed by atoms with Gasteiger partial charge in [-0.15, -0.1) is 0 Å². The molecule has 122 valence electrons. The summed E-state index contributed by atoms with van der Waals surface area (Å²) in [6.07, 6.45) is 0. The molecule has 2 aromatic carbocycles. The van der Waals surface area contributed by atoms with Crippen LogP contribution < -0.4 is 17.0 Å². The first-order chi connectivity index (χ1) is 11.4. The van der Waals surface area contributed by atoms with Crippen molar-refractivity contribution in [3.05, 3.63) is 73.9 Å². The van der Waals surface area contributed by atoms with Crippen molar-refractivity contribution in [2.75, 3.05) is 0 Å². The molecule has 1 heterocycles. The normalized spacial score (nSPS) is 10.9. The number of carbonyl (C=O) groups excluding carboxylic acids is 1. The molecular weight excluding hydrogens is 330 g/mol. The van der Waals surface area contributed by atoms with E-state index in [-0.39, 0.29) is 6.54 Å². The Hall–Kier alpha value is -2.86. The van der Waals surface area contributed by atoms with Gasteiger partial charge in [-0.25, -0.2) is 9.36 Å². The van der Waals surface area contributed by atoms with Gasteiger partial charge in [-0.1, -0.05) is 29.3 Å². The van der Waals surface area contributed by atoms with Gasteiger partial charge in [-0.05, 0) is 37.3 Å². The molecule has 0 aliphatic heterocycles. The van der Waals surface area contributed by atoms with Gasteiger partial charge >= 0.3 is 5.69 Å². The molecule has 0 saturated carbocycles. The number of nitrogens with zero attached hydrogens (tertiary/aromatic N) is 2. The van der Waals surface area contributed by atoms with Crippen molar-refractivity contribution in [3.63, 3.8) is 0 Å². The Balaban J connectivity index is 2.48. The van der Waals surface area contributed by atoms with E-state index in [0.29, 0.717) is 21.6 Å². The maximum absolute atomic E-state index is 12.8. The SMILES string of the molecule is Cc1ccc2c(c1)c(=O)n(-c1cccc(Cl)c1)c(=O)n2CC(N)=O. The van der Waals surface area contributed by atoms with Crippen LogP contribution >= 0.6 is 11.6 Å². The van der Waals surface area contributed by atoms with Crippen LogP contribution in [0.25, 0.3) is 16.6 Å². The number of fused-ring (bicyclic) bond motifs is 1. The van der Waals surface area contributed by atoms with E-state index in [2.05, 4.69) is 0 Å². The summed E-state index contributed by atoms with van der Waals surface area (Å²) in [4.78, 5) is 37.0. The van der Waals surface area contributed by atoms with Crippen LogP contribution in [-0.2, 0) is 11.3 Å². The number of primary amides is 1. The number of rotatable bonds is 3. The molecule has 2 N–H and O–H groups in total. The lowest BCUT2D eigenvalue weighted by Crippen LogP contribution is -2.41. The second kappa shape index (κ2) is 5.98. The van der Waals surface area contributed by atoms with Crippen LogP contribution in [0.15, 0.2) is 52.1 Å². The maximum atomic E-state index is 12.8. The predicted molar refractivity (Wildman–Crippen MR) is 92.7 cm³/mol. The summed E-state index contributed by atoms with van der Waals surface area (Å²) in [5, 5.41) is 0.723. The van der Waals surface area contributed by atoms with Gasteiger partial charge in [0.05, 0.1) is 16.6 Å². The van der Waals surface area contributed by atoms with Crippen LogP contribution in [0.1, 0.15) is 5.56 Å². The largest absolute Gasteiger partial charge is 0.368 e. The molecule has 0 saturated heterocycles. The molecule has 24 heavy (non-hydrogen) atoms.